The molecular weight excluding hydrogens is 224 g/mol. The van der Waals surface area contributed by atoms with E-state index in [2.05, 4.69) is 27.7 Å². The predicted molar refractivity (Wildman–Crippen MR) is 74.4 cm³/mol. The Bertz CT molecular complexity index is 254. The molecule has 2 fully saturated rings. The van der Waals surface area contributed by atoms with Gasteiger partial charge in [-0.15, -0.1) is 0 Å². The Labute approximate surface area is 112 Å². The van der Waals surface area contributed by atoms with Crippen LogP contribution in [0.3, 0.4) is 0 Å². The van der Waals surface area contributed by atoms with E-state index in [1.54, 1.807) is 0 Å². The second kappa shape index (κ2) is 5.92. The monoisotopic (exact) mass is 254 g/mol. The van der Waals surface area contributed by atoms with Gasteiger partial charge < -0.3 is 9.47 Å². The highest BCUT2D eigenvalue weighted by atomic mass is 16.7. The summed E-state index contributed by atoms with van der Waals surface area (Å²) in [6.07, 6.45) is 6.15. The molecule has 0 N–H and O–H groups in total. The van der Waals surface area contributed by atoms with Crippen LogP contribution in [0.4, 0.5) is 0 Å². The lowest BCUT2D eigenvalue weighted by atomic mass is 9.72. The molecule has 0 aromatic carbocycles. The van der Waals surface area contributed by atoms with Crippen molar-refractivity contribution >= 4 is 0 Å². The van der Waals surface area contributed by atoms with Gasteiger partial charge in [-0.1, -0.05) is 40.5 Å². The summed E-state index contributed by atoms with van der Waals surface area (Å²) in [5, 5.41) is 0. The van der Waals surface area contributed by atoms with Crippen LogP contribution in [0.1, 0.15) is 59.8 Å². The predicted octanol–water partition coefficient (Wildman–Crippen LogP) is 4.24. The van der Waals surface area contributed by atoms with Gasteiger partial charge in [0.25, 0.3) is 0 Å². The van der Waals surface area contributed by atoms with E-state index in [1.807, 2.05) is 0 Å². The van der Waals surface area contributed by atoms with E-state index < -0.39 is 0 Å². The van der Waals surface area contributed by atoms with Gasteiger partial charge in [-0.25, -0.2) is 0 Å². The van der Waals surface area contributed by atoms with Crippen molar-refractivity contribution in [3.05, 3.63) is 0 Å². The third kappa shape index (κ3) is 2.91. The minimum Gasteiger partial charge on any atom is -0.349 e. The lowest BCUT2D eigenvalue weighted by Crippen LogP contribution is -2.54. The molecule has 0 radical (unpaired) electrons. The maximum absolute atomic E-state index is 6.29. The standard InChI is InChI=1S/C16H30O2/c1-5-6-14-10-17-16(18-11-14)9-13(4)7-8-15(16)12(2)3/h12-15H,5-11H2,1-4H3. The van der Waals surface area contributed by atoms with Crippen LogP contribution in [0.5, 0.6) is 0 Å². The molecule has 1 aliphatic carbocycles. The Hall–Kier alpha value is -0.0800. The van der Waals surface area contributed by atoms with Crippen LogP contribution >= 0.6 is 0 Å². The van der Waals surface area contributed by atoms with Crippen molar-refractivity contribution in [2.45, 2.75) is 65.6 Å². The largest absolute Gasteiger partial charge is 0.349 e. The van der Waals surface area contributed by atoms with Crippen molar-refractivity contribution in [1.82, 2.24) is 0 Å². The van der Waals surface area contributed by atoms with Crippen molar-refractivity contribution < 1.29 is 9.47 Å². The Morgan fingerprint density at radius 3 is 2.39 bits per heavy atom. The van der Waals surface area contributed by atoms with Crippen LogP contribution in [0.15, 0.2) is 0 Å². The normalized spacial score (nSPS) is 41.5. The molecule has 2 atom stereocenters. The number of rotatable bonds is 3. The van der Waals surface area contributed by atoms with Crippen LogP contribution in [0.2, 0.25) is 0 Å². The number of ether oxygens (including phenoxy) is 2. The Balaban J connectivity index is 2.03. The minimum absolute atomic E-state index is 0.254. The molecule has 0 amide bonds. The molecule has 1 heterocycles. The zero-order valence-corrected chi connectivity index (χ0v) is 12.6. The average molecular weight is 254 g/mol. The first kappa shape index (κ1) is 14.3. The van der Waals surface area contributed by atoms with Gasteiger partial charge in [-0.3, -0.25) is 0 Å². The lowest BCUT2D eigenvalue weighted by molar-refractivity contribution is -0.330. The maximum Gasteiger partial charge on any atom is 0.171 e. The van der Waals surface area contributed by atoms with E-state index >= 15 is 0 Å². The minimum atomic E-state index is -0.254. The van der Waals surface area contributed by atoms with Gasteiger partial charge in [-0.05, 0) is 24.7 Å². The molecular formula is C16H30O2. The summed E-state index contributed by atoms with van der Waals surface area (Å²) in [7, 11) is 0. The topological polar surface area (TPSA) is 18.5 Å². The summed E-state index contributed by atoms with van der Waals surface area (Å²) in [6.45, 7) is 11.0. The van der Waals surface area contributed by atoms with Gasteiger partial charge >= 0.3 is 0 Å². The molecule has 0 aromatic heterocycles. The molecule has 2 rings (SSSR count). The molecule has 1 aliphatic heterocycles. The number of hydrogen-bond acceptors (Lipinski definition) is 2. The van der Waals surface area contributed by atoms with E-state index in [-0.39, 0.29) is 5.79 Å². The third-order valence-corrected chi connectivity index (χ3v) is 4.80. The first-order chi connectivity index (χ1) is 8.57. The van der Waals surface area contributed by atoms with Crippen LogP contribution in [0, 0.1) is 23.7 Å². The van der Waals surface area contributed by atoms with Crippen molar-refractivity contribution in [3.63, 3.8) is 0 Å². The van der Waals surface area contributed by atoms with Crippen LogP contribution in [-0.2, 0) is 9.47 Å². The maximum atomic E-state index is 6.29. The van der Waals surface area contributed by atoms with Crippen LogP contribution in [-0.4, -0.2) is 19.0 Å². The number of hydrogen-bond donors (Lipinski definition) is 0. The first-order valence-corrected chi connectivity index (χ1v) is 7.85. The molecule has 2 aliphatic rings. The molecule has 0 bridgehead atoms. The summed E-state index contributed by atoms with van der Waals surface area (Å²) >= 11 is 0. The summed E-state index contributed by atoms with van der Waals surface area (Å²) in [6, 6.07) is 0. The lowest BCUT2D eigenvalue weighted by Gasteiger charge is -2.50. The van der Waals surface area contributed by atoms with Crippen molar-refractivity contribution in [2.75, 3.05) is 13.2 Å². The fraction of sp³-hybridized carbons (Fsp3) is 1.00. The van der Waals surface area contributed by atoms with Gasteiger partial charge in [0.1, 0.15) is 0 Å². The van der Waals surface area contributed by atoms with Gasteiger partial charge in [-0.2, -0.15) is 0 Å². The molecule has 2 unspecified atom stereocenters. The van der Waals surface area contributed by atoms with E-state index in [0.29, 0.717) is 17.8 Å². The summed E-state index contributed by atoms with van der Waals surface area (Å²) in [5.41, 5.74) is 0. The highest BCUT2D eigenvalue weighted by molar-refractivity contribution is 4.90. The molecule has 18 heavy (non-hydrogen) atoms. The molecule has 2 heteroatoms. The van der Waals surface area contributed by atoms with Gasteiger partial charge in [0.15, 0.2) is 5.79 Å². The van der Waals surface area contributed by atoms with Crippen LogP contribution in [0.25, 0.3) is 0 Å². The van der Waals surface area contributed by atoms with Gasteiger partial charge in [0.2, 0.25) is 0 Å². The third-order valence-electron chi connectivity index (χ3n) is 4.80. The fourth-order valence-electron chi connectivity index (χ4n) is 3.78. The average Bonchev–Trinajstić information content (AvgIpc) is 2.32. The van der Waals surface area contributed by atoms with Crippen molar-refractivity contribution in [1.29, 1.82) is 0 Å². The van der Waals surface area contributed by atoms with E-state index in [9.17, 15) is 0 Å². The summed E-state index contributed by atoms with van der Waals surface area (Å²) < 4.78 is 12.6. The van der Waals surface area contributed by atoms with Crippen molar-refractivity contribution in [3.8, 4) is 0 Å². The zero-order valence-electron chi connectivity index (χ0n) is 12.6. The van der Waals surface area contributed by atoms with Gasteiger partial charge in [0, 0.05) is 18.3 Å². The zero-order chi connectivity index (χ0) is 13.2. The molecule has 1 saturated heterocycles. The first-order valence-electron chi connectivity index (χ1n) is 7.85. The molecule has 2 nitrogen and oxygen atoms in total. The SMILES string of the molecule is CCCC1COC2(CC(C)CCC2C(C)C)OC1. The fourth-order valence-corrected chi connectivity index (χ4v) is 3.78. The van der Waals surface area contributed by atoms with Gasteiger partial charge in [0.05, 0.1) is 13.2 Å². The molecule has 106 valence electrons. The van der Waals surface area contributed by atoms with E-state index in [4.69, 9.17) is 9.47 Å². The van der Waals surface area contributed by atoms with Crippen LogP contribution < -0.4 is 0 Å². The Kier molecular flexibility index (Phi) is 4.71. The second-order valence-corrected chi connectivity index (χ2v) is 6.83. The van der Waals surface area contributed by atoms with E-state index in [1.165, 1.54) is 25.7 Å². The Morgan fingerprint density at radius 1 is 1.17 bits per heavy atom. The summed E-state index contributed by atoms with van der Waals surface area (Å²) in [5.74, 6) is 2.33. The highest BCUT2D eigenvalue weighted by Crippen LogP contribution is 2.46. The summed E-state index contributed by atoms with van der Waals surface area (Å²) in [4.78, 5) is 0. The second-order valence-electron chi connectivity index (χ2n) is 6.83. The molecule has 0 aromatic rings. The molecule has 1 spiro atoms. The smallest absolute Gasteiger partial charge is 0.171 e. The quantitative estimate of drug-likeness (QED) is 0.750. The molecule has 1 saturated carbocycles. The Morgan fingerprint density at radius 2 is 1.83 bits per heavy atom. The highest BCUT2D eigenvalue weighted by Gasteiger charge is 2.48. The van der Waals surface area contributed by atoms with E-state index in [0.717, 1.165) is 25.6 Å². The van der Waals surface area contributed by atoms with Crippen molar-refractivity contribution in [2.24, 2.45) is 23.7 Å².